The number of benzene rings is 2. The molecule has 0 radical (unpaired) electrons. The summed E-state index contributed by atoms with van der Waals surface area (Å²) in [6.45, 7) is 1.21. The van der Waals surface area contributed by atoms with Gasteiger partial charge in [0.25, 0.3) is 0 Å². The average molecular weight is 344 g/mol. The monoisotopic (exact) mass is 344 g/mol. The fraction of sp³-hybridized carbons (Fsp3) is 0.400. The summed E-state index contributed by atoms with van der Waals surface area (Å²) in [7, 11) is 1.51. The SMILES string of the molecule is CO[C@H]1O[C@H](COCc2ccccc2)[C@@H](OCc2ccccc2)[C@@H]1O. The van der Waals surface area contributed by atoms with Crippen molar-refractivity contribution in [3.8, 4) is 0 Å². The zero-order chi connectivity index (χ0) is 17.5. The molecular weight excluding hydrogens is 320 g/mol. The second kappa shape index (κ2) is 9.08. The second-order valence-corrected chi connectivity index (χ2v) is 6.03. The van der Waals surface area contributed by atoms with Crippen molar-refractivity contribution in [1.29, 1.82) is 0 Å². The van der Waals surface area contributed by atoms with Crippen molar-refractivity contribution in [2.24, 2.45) is 0 Å². The molecule has 0 aliphatic carbocycles. The van der Waals surface area contributed by atoms with Crippen molar-refractivity contribution < 1.29 is 24.1 Å². The van der Waals surface area contributed by atoms with Gasteiger partial charge in [-0.3, -0.25) is 0 Å². The standard InChI is InChI=1S/C20H24O5/c1-22-20-18(21)19(24-13-16-10-6-3-7-11-16)17(25-20)14-23-12-15-8-4-2-5-9-15/h2-11,17-21H,12-14H2,1H3/t17-,18+,19-,20+/m1/s1. The van der Waals surface area contributed by atoms with Gasteiger partial charge >= 0.3 is 0 Å². The van der Waals surface area contributed by atoms with Crippen molar-refractivity contribution in [3.05, 3.63) is 71.8 Å². The minimum Gasteiger partial charge on any atom is -0.385 e. The second-order valence-electron chi connectivity index (χ2n) is 6.03. The van der Waals surface area contributed by atoms with Gasteiger partial charge in [-0.15, -0.1) is 0 Å². The van der Waals surface area contributed by atoms with Gasteiger partial charge in [0, 0.05) is 7.11 Å². The number of rotatable bonds is 8. The van der Waals surface area contributed by atoms with Crippen LogP contribution in [0.1, 0.15) is 11.1 Å². The highest BCUT2D eigenvalue weighted by molar-refractivity contribution is 5.14. The zero-order valence-electron chi connectivity index (χ0n) is 14.3. The van der Waals surface area contributed by atoms with Crippen LogP contribution in [0.4, 0.5) is 0 Å². The van der Waals surface area contributed by atoms with Gasteiger partial charge in [-0.25, -0.2) is 0 Å². The van der Waals surface area contributed by atoms with E-state index in [9.17, 15) is 5.11 Å². The van der Waals surface area contributed by atoms with Crippen LogP contribution >= 0.6 is 0 Å². The lowest BCUT2D eigenvalue weighted by Gasteiger charge is -2.20. The largest absolute Gasteiger partial charge is 0.385 e. The fourth-order valence-corrected chi connectivity index (χ4v) is 2.87. The summed E-state index contributed by atoms with van der Waals surface area (Å²) in [4.78, 5) is 0. The quantitative estimate of drug-likeness (QED) is 0.797. The summed E-state index contributed by atoms with van der Waals surface area (Å²) in [5.41, 5.74) is 2.13. The molecule has 1 aliphatic rings. The van der Waals surface area contributed by atoms with Crippen LogP contribution in [0, 0.1) is 0 Å². The van der Waals surface area contributed by atoms with Crippen LogP contribution in [0.2, 0.25) is 0 Å². The molecule has 2 aromatic carbocycles. The van der Waals surface area contributed by atoms with Crippen LogP contribution in [0.3, 0.4) is 0 Å². The molecule has 1 saturated heterocycles. The number of ether oxygens (including phenoxy) is 4. The third-order valence-electron chi connectivity index (χ3n) is 4.20. The Labute approximate surface area is 148 Å². The maximum atomic E-state index is 10.4. The van der Waals surface area contributed by atoms with E-state index in [0.717, 1.165) is 11.1 Å². The fourth-order valence-electron chi connectivity index (χ4n) is 2.87. The highest BCUT2D eigenvalue weighted by Crippen LogP contribution is 2.26. The van der Waals surface area contributed by atoms with Crippen molar-refractivity contribution >= 4 is 0 Å². The van der Waals surface area contributed by atoms with Crippen LogP contribution in [-0.2, 0) is 32.2 Å². The molecule has 0 unspecified atom stereocenters. The highest BCUT2D eigenvalue weighted by Gasteiger charge is 2.44. The Kier molecular flexibility index (Phi) is 6.55. The Morgan fingerprint density at radius 1 is 0.920 bits per heavy atom. The minimum absolute atomic E-state index is 0.325. The highest BCUT2D eigenvalue weighted by atomic mass is 16.7. The molecule has 1 aliphatic heterocycles. The summed E-state index contributed by atoms with van der Waals surface area (Å²) in [5, 5.41) is 10.4. The predicted molar refractivity (Wildman–Crippen MR) is 92.8 cm³/mol. The molecule has 0 saturated carbocycles. The maximum absolute atomic E-state index is 10.4. The molecule has 2 aromatic rings. The van der Waals surface area contributed by atoms with Crippen molar-refractivity contribution in [2.75, 3.05) is 13.7 Å². The lowest BCUT2D eigenvalue weighted by atomic mass is 10.1. The first-order valence-corrected chi connectivity index (χ1v) is 8.41. The van der Waals surface area contributed by atoms with Crippen LogP contribution in [-0.4, -0.2) is 43.4 Å². The minimum atomic E-state index is -0.848. The van der Waals surface area contributed by atoms with Crippen LogP contribution in [0.15, 0.2) is 60.7 Å². The van der Waals surface area contributed by atoms with E-state index < -0.39 is 18.5 Å². The van der Waals surface area contributed by atoms with Gasteiger partial charge in [0.1, 0.15) is 18.3 Å². The first kappa shape index (κ1) is 18.0. The number of hydrogen-bond donors (Lipinski definition) is 1. The predicted octanol–water partition coefficient (Wildman–Crippen LogP) is 2.52. The van der Waals surface area contributed by atoms with Gasteiger partial charge in [0.2, 0.25) is 0 Å². The van der Waals surface area contributed by atoms with E-state index in [1.54, 1.807) is 0 Å². The average Bonchev–Trinajstić information content (AvgIpc) is 2.97. The van der Waals surface area contributed by atoms with Crippen molar-refractivity contribution in [1.82, 2.24) is 0 Å². The molecule has 0 bridgehead atoms. The Hall–Kier alpha value is -1.76. The van der Waals surface area contributed by atoms with Crippen LogP contribution < -0.4 is 0 Å². The van der Waals surface area contributed by atoms with Crippen molar-refractivity contribution in [3.63, 3.8) is 0 Å². The van der Waals surface area contributed by atoms with Gasteiger partial charge in [-0.2, -0.15) is 0 Å². The Morgan fingerprint density at radius 2 is 1.52 bits per heavy atom. The Balaban J connectivity index is 1.55. The van der Waals surface area contributed by atoms with Gasteiger partial charge in [0.05, 0.1) is 19.8 Å². The molecule has 25 heavy (non-hydrogen) atoms. The first-order valence-electron chi connectivity index (χ1n) is 8.41. The van der Waals surface area contributed by atoms with Crippen LogP contribution in [0.5, 0.6) is 0 Å². The molecule has 0 spiro atoms. The molecule has 5 heteroatoms. The number of hydrogen-bond acceptors (Lipinski definition) is 5. The molecule has 5 nitrogen and oxygen atoms in total. The van der Waals surface area contributed by atoms with E-state index in [1.165, 1.54) is 7.11 Å². The summed E-state index contributed by atoms with van der Waals surface area (Å²) < 4.78 is 22.6. The summed E-state index contributed by atoms with van der Waals surface area (Å²) in [6.07, 6.45) is -2.43. The number of methoxy groups -OCH3 is 1. The van der Waals surface area contributed by atoms with E-state index >= 15 is 0 Å². The van der Waals surface area contributed by atoms with Gasteiger partial charge in [0.15, 0.2) is 6.29 Å². The van der Waals surface area contributed by atoms with Gasteiger partial charge in [-0.1, -0.05) is 60.7 Å². The summed E-state index contributed by atoms with van der Waals surface area (Å²) in [6, 6.07) is 19.8. The van der Waals surface area contributed by atoms with E-state index in [2.05, 4.69) is 0 Å². The molecule has 3 rings (SSSR count). The third kappa shape index (κ3) is 4.87. The molecule has 0 aromatic heterocycles. The normalized spacial score (nSPS) is 26.0. The van der Waals surface area contributed by atoms with Crippen LogP contribution in [0.25, 0.3) is 0 Å². The smallest absolute Gasteiger partial charge is 0.186 e. The maximum Gasteiger partial charge on any atom is 0.186 e. The summed E-state index contributed by atoms with van der Waals surface area (Å²) >= 11 is 0. The Bertz CT molecular complexity index is 618. The number of aliphatic hydroxyl groups excluding tert-OH is 1. The topological polar surface area (TPSA) is 57.2 Å². The van der Waals surface area contributed by atoms with Gasteiger partial charge in [-0.05, 0) is 11.1 Å². The summed E-state index contributed by atoms with van der Waals surface area (Å²) in [5.74, 6) is 0. The lowest BCUT2D eigenvalue weighted by molar-refractivity contribution is -0.156. The lowest BCUT2D eigenvalue weighted by Crippen LogP contribution is -2.37. The van der Waals surface area contributed by atoms with Crippen molar-refractivity contribution in [2.45, 2.75) is 37.8 Å². The molecule has 1 fully saturated rings. The molecular formula is C20H24O5. The van der Waals surface area contributed by atoms with E-state index in [0.29, 0.717) is 19.8 Å². The molecule has 1 heterocycles. The van der Waals surface area contributed by atoms with E-state index in [1.807, 2.05) is 60.7 Å². The van der Waals surface area contributed by atoms with Gasteiger partial charge < -0.3 is 24.1 Å². The first-order chi connectivity index (χ1) is 12.3. The number of aliphatic hydroxyl groups is 1. The molecule has 4 atom stereocenters. The van der Waals surface area contributed by atoms with E-state index in [-0.39, 0.29) is 6.10 Å². The molecule has 0 amide bonds. The zero-order valence-corrected chi connectivity index (χ0v) is 14.3. The molecule has 1 N–H and O–H groups in total. The Morgan fingerprint density at radius 3 is 2.12 bits per heavy atom. The van der Waals surface area contributed by atoms with E-state index in [4.69, 9.17) is 18.9 Å². The third-order valence-corrected chi connectivity index (χ3v) is 4.20. The molecule has 134 valence electrons.